The van der Waals surface area contributed by atoms with Crippen LogP contribution in [0, 0.1) is 0 Å². The largest absolute Gasteiger partial charge is 0.454 e. The summed E-state index contributed by atoms with van der Waals surface area (Å²) in [6.07, 6.45) is 0.667. The summed E-state index contributed by atoms with van der Waals surface area (Å²) in [6.45, 7) is 2.89. The minimum absolute atomic E-state index is 0.130. The summed E-state index contributed by atoms with van der Waals surface area (Å²) in [6, 6.07) is 10.9. The van der Waals surface area contributed by atoms with Crippen LogP contribution in [0.25, 0.3) is 0 Å². The molecule has 0 spiro atoms. The van der Waals surface area contributed by atoms with Crippen LogP contribution in [-0.4, -0.2) is 50.6 Å². The van der Waals surface area contributed by atoms with Gasteiger partial charge in [0.1, 0.15) is 0 Å². The number of benzene rings is 2. The third kappa shape index (κ3) is 4.71. The molecule has 2 aliphatic rings. The summed E-state index contributed by atoms with van der Waals surface area (Å²) in [5.74, 6) is 0.109. The Hall–Kier alpha value is -3.11. The maximum absolute atomic E-state index is 12.6. The smallest absolute Gasteiger partial charge is 0.338 e. The van der Waals surface area contributed by atoms with E-state index in [9.17, 15) is 18.0 Å². The molecule has 0 saturated carbocycles. The third-order valence-electron chi connectivity index (χ3n) is 5.35. The van der Waals surface area contributed by atoms with Crippen LogP contribution in [0.3, 0.4) is 0 Å². The molecule has 0 bridgehead atoms. The summed E-state index contributed by atoms with van der Waals surface area (Å²) < 4.78 is 42.4. The first-order valence-electron chi connectivity index (χ1n) is 10.3. The molecule has 4 rings (SSSR count). The highest BCUT2D eigenvalue weighted by Crippen LogP contribution is 2.32. The van der Waals surface area contributed by atoms with Crippen molar-refractivity contribution in [2.75, 3.05) is 19.9 Å². The highest BCUT2D eigenvalue weighted by molar-refractivity contribution is 7.89. The topological polar surface area (TPSA) is 111 Å². The number of carbonyl (C=O) groups is 2. The summed E-state index contributed by atoms with van der Waals surface area (Å²) in [5, 5.41) is 2.71. The van der Waals surface area contributed by atoms with Gasteiger partial charge in [-0.3, -0.25) is 4.79 Å². The van der Waals surface area contributed by atoms with Crippen molar-refractivity contribution in [3.05, 3.63) is 53.6 Å². The zero-order valence-corrected chi connectivity index (χ0v) is 18.4. The van der Waals surface area contributed by atoms with Crippen LogP contribution < -0.4 is 14.8 Å². The second kappa shape index (κ2) is 9.17. The molecule has 0 radical (unpaired) electrons. The predicted octanol–water partition coefficient (Wildman–Crippen LogP) is 2.06. The Balaban J connectivity index is 1.31. The van der Waals surface area contributed by atoms with Gasteiger partial charge < -0.3 is 19.5 Å². The lowest BCUT2D eigenvalue weighted by molar-refractivity contribution is -0.129. The molecule has 170 valence electrons. The van der Waals surface area contributed by atoms with E-state index in [1.165, 1.54) is 35.5 Å². The number of nitrogens with one attached hydrogen (secondary N) is 1. The SMILES string of the molecule is CC(OC(=O)c1ccc(S(=O)(=O)N2CCCC2)cc1)C(=O)NCc1ccc2c(c1)OCO2. The maximum Gasteiger partial charge on any atom is 0.338 e. The first-order chi connectivity index (χ1) is 15.3. The van der Waals surface area contributed by atoms with Crippen LogP contribution in [-0.2, 0) is 26.1 Å². The molecule has 1 atom stereocenters. The zero-order valence-electron chi connectivity index (χ0n) is 17.6. The molecule has 1 unspecified atom stereocenters. The molecule has 32 heavy (non-hydrogen) atoms. The van der Waals surface area contributed by atoms with E-state index in [0.29, 0.717) is 24.6 Å². The molecular formula is C22H24N2O7S. The van der Waals surface area contributed by atoms with Gasteiger partial charge in [-0.2, -0.15) is 4.31 Å². The Morgan fingerprint density at radius 1 is 1.06 bits per heavy atom. The summed E-state index contributed by atoms with van der Waals surface area (Å²) >= 11 is 0. The lowest BCUT2D eigenvalue weighted by atomic mass is 10.2. The van der Waals surface area contributed by atoms with Gasteiger partial charge in [0.05, 0.1) is 10.5 Å². The van der Waals surface area contributed by atoms with Gasteiger partial charge in [0.15, 0.2) is 17.6 Å². The van der Waals surface area contributed by atoms with Crippen molar-refractivity contribution in [3.63, 3.8) is 0 Å². The van der Waals surface area contributed by atoms with Crippen LogP contribution in [0.5, 0.6) is 11.5 Å². The third-order valence-corrected chi connectivity index (χ3v) is 7.26. The van der Waals surface area contributed by atoms with Gasteiger partial charge in [0, 0.05) is 19.6 Å². The number of hydrogen-bond donors (Lipinski definition) is 1. The second-order valence-corrected chi connectivity index (χ2v) is 9.53. The molecule has 10 heteroatoms. The van der Waals surface area contributed by atoms with E-state index in [-0.39, 0.29) is 23.8 Å². The molecule has 1 N–H and O–H groups in total. The number of fused-ring (bicyclic) bond motifs is 1. The van der Waals surface area contributed by atoms with Gasteiger partial charge in [-0.25, -0.2) is 13.2 Å². The molecule has 1 saturated heterocycles. The van der Waals surface area contributed by atoms with Gasteiger partial charge in [0.2, 0.25) is 16.8 Å². The Morgan fingerprint density at radius 3 is 2.47 bits per heavy atom. The monoisotopic (exact) mass is 460 g/mol. The van der Waals surface area contributed by atoms with E-state index in [2.05, 4.69) is 5.32 Å². The van der Waals surface area contributed by atoms with Crippen molar-refractivity contribution in [3.8, 4) is 11.5 Å². The van der Waals surface area contributed by atoms with Crippen molar-refractivity contribution in [2.45, 2.75) is 37.3 Å². The number of carbonyl (C=O) groups excluding carboxylic acids is 2. The molecule has 9 nitrogen and oxygen atoms in total. The van der Waals surface area contributed by atoms with E-state index in [1.807, 2.05) is 6.07 Å². The maximum atomic E-state index is 12.6. The molecular weight excluding hydrogens is 436 g/mol. The first-order valence-corrected chi connectivity index (χ1v) is 11.8. The van der Waals surface area contributed by atoms with Crippen LogP contribution in [0.15, 0.2) is 47.4 Å². The number of nitrogens with zero attached hydrogens (tertiary/aromatic N) is 1. The molecule has 0 aliphatic carbocycles. The number of rotatable bonds is 7. The van der Waals surface area contributed by atoms with E-state index < -0.39 is 28.0 Å². The van der Waals surface area contributed by atoms with Crippen LogP contribution in [0.4, 0.5) is 0 Å². The summed E-state index contributed by atoms with van der Waals surface area (Å²) in [4.78, 5) is 24.8. The van der Waals surface area contributed by atoms with E-state index in [1.54, 1.807) is 12.1 Å². The Kier molecular flexibility index (Phi) is 6.33. The molecule has 1 fully saturated rings. The summed E-state index contributed by atoms with van der Waals surface area (Å²) in [5.41, 5.74) is 0.983. The molecule has 2 aromatic rings. The number of amides is 1. The van der Waals surface area contributed by atoms with Crippen molar-refractivity contribution in [1.82, 2.24) is 9.62 Å². The van der Waals surface area contributed by atoms with Crippen molar-refractivity contribution in [2.24, 2.45) is 0 Å². The van der Waals surface area contributed by atoms with E-state index in [4.69, 9.17) is 14.2 Å². The van der Waals surface area contributed by atoms with Gasteiger partial charge >= 0.3 is 5.97 Å². The van der Waals surface area contributed by atoms with Crippen molar-refractivity contribution >= 4 is 21.9 Å². The second-order valence-electron chi connectivity index (χ2n) is 7.59. The average molecular weight is 461 g/mol. The average Bonchev–Trinajstić information content (AvgIpc) is 3.49. The van der Waals surface area contributed by atoms with Crippen LogP contribution >= 0.6 is 0 Å². The number of sulfonamides is 1. The number of esters is 1. The van der Waals surface area contributed by atoms with Gasteiger partial charge in [-0.05, 0) is 61.7 Å². The van der Waals surface area contributed by atoms with E-state index >= 15 is 0 Å². The van der Waals surface area contributed by atoms with Gasteiger partial charge in [0.25, 0.3) is 5.91 Å². The highest BCUT2D eigenvalue weighted by atomic mass is 32.2. The van der Waals surface area contributed by atoms with Crippen LogP contribution in [0.1, 0.15) is 35.7 Å². The normalized spacial score (nSPS) is 16.5. The molecule has 0 aromatic heterocycles. The van der Waals surface area contributed by atoms with Gasteiger partial charge in [-0.1, -0.05) is 6.07 Å². The minimum atomic E-state index is -3.55. The standard InChI is InChI=1S/C22H24N2O7S/c1-15(21(25)23-13-16-4-9-19-20(12-16)30-14-29-19)31-22(26)17-5-7-18(8-6-17)32(27,28)24-10-2-3-11-24/h4-9,12,15H,2-3,10-11,13-14H2,1H3,(H,23,25). The minimum Gasteiger partial charge on any atom is -0.454 e. The lowest BCUT2D eigenvalue weighted by Crippen LogP contribution is -2.35. The Labute approximate surface area is 186 Å². The predicted molar refractivity (Wildman–Crippen MR) is 114 cm³/mol. The first kappa shape index (κ1) is 22.1. The van der Waals surface area contributed by atoms with E-state index in [0.717, 1.165) is 18.4 Å². The van der Waals surface area contributed by atoms with Crippen molar-refractivity contribution in [1.29, 1.82) is 0 Å². The number of hydrogen-bond acceptors (Lipinski definition) is 7. The molecule has 2 aliphatic heterocycles. The quantitative estimate of drug-likeness (QED) is 0.630. The fourth-order valence-electron chi connectivity index (χ4n) is 3.51. The highest BCUT2D eigenvalue weighted by Gasteiger charge is 2.27. The Bertz CT molecular complexity index is 1110. The fourth-order valence-corrected chi connectivity index (χ4v) is 5.02. The number of ether oxygens (including phenoxy) is 3. The lowest BCUT2D eigenvalue weighted by Gasteiger charge is -2.16. The van der Waals surface area contributed by atoms with Crippen molar-refractivity contribution < 1.29 is 32.2 Å². The van der Waals surface area contributed by atoms with Gasteiger partial charge in [-0.15, -0.1) is 0 Å². The zero-order chi connectivity index (χ0) is 22.7. The molecule has 1 amide bonds. The fraction of sp³-hybridized carbons (Fsp3) is 0.364. The summed E-state index contributed by atoms with van der Waals surface area (Å²) in [7, 11) is -3.55. The molecule has 2 heterocycles. The molecule has 2 aromatic carbocycles. The Morgan fingerprint density at radius 2 is 1.75 bits per heavy atom. The van der Waals surface area contributed by atoms with Crippen LogP contribution in [0.2, 0.25) is 0 Å².